The molecule has 0 spiro atoms. The molecule has 1 N–H and O–H groups in total. The molecule has 0 bridgehead atoms. The normalized spacial score (nSPS) is 33.0. The average molecular weight is 623 g/mol. The maximum Gasteiger partial charge on any atom is 0.264 e. The van der Waals surface area contributed by atoms with Gasteiger partial charge in [-0.3, -0.25) is 4.18 Å². The number of hydrogen-bond acceptors (Lipinski definition) is 10. The Kier molecular flexibility index (Phi) is 10.7. The summed E-state index contributed by atoms with van der Waals surface area (Å²) >= 11 is 0. The lowest BCUT2D eigenvalue weighted by Gasteiger charge is -2.43. The molecule has 3 heterocycles. The summed E-state index contributed by atoms with van der Waals surface area (Å²) in [6.07, 6.45) is 0.374. The van der Waals surface area contributed by atoms with E-state index in [1.54, 1.807) is 6.08 Å². The van der Waals surface area contributed by atoms with E-state index in [1.165, 1.54) is 0 Å². The number of ether oxygens (including phenoxy) is 5. The highest BCUT2D eigenvalue weighted by Gasteiger charge is 2.69. The van der Waals surface area contributed by atoms with Gasteiger partial charge in [-0.2, -0.15) is 8.42 Å². The molecule has 0 radical (unpaired) electrons. The molecule has 0 aromatic carbocycles. The number of aliphatic hydroxyl groups is 1. The third kappa shape index (κ3) is 7.13. The Labute approximate surface area is 248 Å². The van der Waals surface area contributed by atoms with Crippen molar-refractivity contribution in [2.45, 2.75) is 159 Å². The molecule has 0 aliphatic carbocycles. The van der Waals surface area contributed by atoms with Gasteiger partial charge >= 0.3 is 0 Å². The van der Waals surface area contributed by atoms with E-state index < -0.39 is 72.4 Å². The van der Waals surface area contributed by atoms with E-state index in [2.05, 4.69) is 40.4 Å². The van der Waals surface area contributed by atoms with Crippen LogP contribution < -0.4 is 0 Å². The molecule has 41 heavy (non-hydrogen) atoms. The van der Waals surface area contributed by atoms with Crippen molar-refractivity contribution in [3.8, 4) is 0 Å². The average Bonchev–Trinajstić information content (AvgIpc) is 3.57. The summed E-state index contributed by atoms with van der Waals surface area (Å²) in [6, 6.07) is 0. The van der Waals surface area contributed by atoms with E-state index in [9.17, 15) is 13.5 Å². The molecular formula is C29H54O10SSi. The van der Waals surface area contributed by atoms with Crippen molar-refractivity contribution in [3.63, 3.8) is 0 Å². The molecule has 0 unspecified atom stereocenters. The molecule has 3 saturated heterocycles. The van der Waals surface area contributed by atoms with E-state index in [-0.39, 0.29) is 18.1 Å². The number of rotatable bonds is 14. The molecule has 0 aromatic rings. The van der Waals surface area contributed by atoms with Crippen LogP contribution in [0, 0.1) is 0 Å². The van der Waals surface area contributed by atoms with Crippen molar-refractivity contribution < 1.29 is 45.8 Å². The molecule has 3 rings (SSSR count). The topological polar surface area (TPSA) is 119 Å². The van der Waals surface area contributed by atoms with Crippen LogP contribution in [0.15, 0.2) is 12.7 Å². The highest BCUT2D eigenvalue weighted by atomic mass is 32.2. The summed E-state index contributed by atoms with van der Waals surface area (Å²) in [4.78, 5) is 0. The smallest absolute Gasteiger partial charge is 0.264 e. The van der Waals surface area contributed by atoms with E-state index in [4.69, 9.17) is 32.3 Å². The van der Waals surface area contributed by atoms with Gasteiger partial charge in [-0.25, -0.2) is 0 Å². The molecule has 3 fully saturated rings. The van der Waals surface area contributed by atoms with Crippen molar-refractivity contribution in [2.75, 3.05) is 12.9 Å². The first-order chi connectivity index (χ1) is 18.9. The fraction of sp³-hybridized carbons (Fsp3) is 0.931. The van der Waals surface area contributed by atoms with Crippen molar-refractivity contribution in [1.29, 1.82) is 0 Å². The minimum atomic E-state index is -3.96. The fourth-order valence-corrected chi connectivity index (χ4v) is 7.66. The van der Waals surface area contributed by atoms with Gasteiger partial charge in [0.1, 0.15) is 36.6 Å². The lowest BCUT2D eigenvalue weighted by atomic mass is 9.95. The van der Waals surface area contributed by atoms with Crippen LogP contribution in [-0.4, -0.2) is 88.7 Å². The Balaban J connectivity index is 2.13. The van der Waals surface area contributed by atoms with E-state index in [1.807, 2.05) is 27.7 Å². The lowest BCUT2D eigenvalue weighted by molar-refractivity contribution is -0.317. The van der Waals surface area contributed by atoms with Gasteiger partial charge in [0, 0.05) is 0 Å². The van der Waals surface area contributed by atoms with E-state index in [0.29, 0.717) is 32.1 Å². The third-order valence-electron chi connectivity index (χ3n) is 9.39. The highest BCUT2D eigenvalue weighted by Crippen LogP contribution is 2.51. The van der Waals surface area contributed by atoms with Crippen molar-refractivity contribution in [3.05, 3.63) is 12.7 Å². The Bertz CT molecular complexity index is 1000. The summed E-state index contributed by atoms with van der Waals surface area (Å²) < 4.78 is 69.6. The van der Waals surface area contributed by atoms with Gasteiger partial charge in [0.25, 0.3) is 10.1 Å². The Hall–Kier alpha value is -0.413. The molecule has 7 atom stereocenters. The summed E-state index contributed by atoms with van der Waals surface area (Å²) in [5.41, 5.74) is 0. The van der Waals surface area contributed by atoms with Gasteiger partial charge in [-0.05, 0) is 56.7 Å². The molecule has 3 aliphatic heterocycles. The molecule has 0 aromatic heterocycles. The fourth-order valence-electron chi connectivity index (χ4n) is 5.68. The van der Waals surface area contributed by atoms with Gasteiger partial charge in [0.2, 0.25) is 5.79 Å². The van der Waals surface area contributed by atoms with Crippen molar-refractivity contribution in [2.24, 2.45) is 0 Å². The summed E-state index contributed by atoms with van der Waals surface area (Å²) in [5, 5.41) is 12.1. The van der Waals surface area contributed by atoms with Crippen molar-refractivity contribution >= 4 is 18.4 Å². The van der Waals surface area contributed by atoms with Gasteiger partial charge in [0.15, 0.2) is 19.9 Å². The van der Waals surface area contributed by atoms with Gasteiger partial charge in [-0.15, -0.1) is 6.58 Å². The van der Waals surface area contributed by atoms with E-state index >= 15 is 0 Å². The van der Waals surface area contributed by atoms with Crippen molar-refractivity contribution in [1.82, 2.24) is 0 Å². The van der Waals surface area contributed by atoms with Crippen LogP contribution >= 0.6 is 0 Å². The number of fused-ring (bicyclic) bond motifs is 1. The second-order valence-corrected chi connectivity index (χ2v) is 19.5. The third-order valence-corrected chi connectivity index (χ3v) is 14.4. The maximum atomic E-state index is 12.4. The molecule has 0 saturated carbocycles. The number of allylic oxidation sites excluding steroid dienone is 1. The molecule has 10 nitrogen and oxygen atoms in total. The molecule has 12 heteroatoms. The first kappa shape index (κ1) is 35.1. The van der Waals surface area contributed by atoms with E-state index in [0.717, 1.165) is 6.26 Å². The molecular weight excluding hydrogens is 568 g/mol. The van der Waals surface area contributed by atoms with Crippen LogP contribution in [0.4, 0.5) is 0 Å². The zero-order valence-electron chi connectivity index (χ0n) is 26.7. The SMILES string of the molecule is C=CCC[C@H](OS(C)(=O)=O)[C@]1(O)O[C@@H]([C@@H](O[Si](C)(C)C(C)(C)C)[C@H]2COC(CC)(CC)O2)[C@H]2OC(CC)(CC)O[C@H]21. The largest absolute Gasteiger partial charge is 0.408 e. The predicted octanol–water partition coefficient (Wildman–Crippen LogP) is 5.01. The first-order valence-electron chi connectivity index (χ1n) is 15.1. The Morgan fingerprint density at radius 1 is 1.02 bits per heavy atom. The van der Waals surface area contributed by atoms with Crippen LogP contribution in [0.25, 0.3) is 0 Å². The predicted molar refractivity (Wildman–Crippen MR) is 158 cm³/mol. The first-order valence-corrected chi connectivity index (χ1v) is 19.8. The second-order valence-electron chi connectivity index (χ2n) is 13.2. The van der Waals surface area contributed by atoms with Crippen LogP contribution in [0.3, 0.4) is 0 Å². The van der Waals surface area contributed by atoms with Crippen LogP contribution in [0.2, 0.25) is 18.1 Å². The van der Waals surface area contributed by atoms with Crippen LogP contribution in [-0.2, 0) is 42.4 Å². The molecule has 240 valence electrons. The molecule has 0 amide bonds. The molecule has 3 aliphatic rings. The number of hydrogen-bond donors (Lipinski definition) is 1. The summed E-state index contributed by atoms with van der Waals surface area (Å²) in [7, 11) is -6.39. The minimum Gasteiger partial charge on any atom is -0.408 e. The minimum absolute atomic E-state index is 0.138. The highest BCUT2D eigenvalue weighted by molar-refractivity contribution is 7.86. The Morgan fingerprint density at radius 2 is 1.61 bits per heavy atom. The standard InChI is InChI=1S/C29H54O10SSi/c1-12-17-18-21(38-40(9,31)32)29(30)25-24(35-28(15-4,16-5)37-25)23(36-29)22(39-41(10,11)26(6,7)8)20-19-33-27(13-2,14-3)34-20/h12,20-25,30H,1,13-19H2,2-11H3/t20-,21+,22+,23+,24-,25-,29+/m1/s1. The summed E-state index contributed by atoms with van der Waals surface area (Å²) in [6.45, 7) is 22.7. The van der Waals surface area contributed by atoms with Gasteiger partial charge in [-0.1, -0.05) is 54.5 Å². The summed E-state index contributed by atoms with van der Waals surface area (Å²) in [5.74, 6) is -3.87. The lowest BCUT2D eigenvalue weighted by Crippen LogP contribution is -2.56. The van der Waals surface area contributed by atoms with Gasteiger partial charge < -0.3 is 33.2 Å². The maximum absolute atomic E-state index is 12.4. The van der Waals surface area contributed by atoms with Crippen LogP contribution in [0.5, 0.6) is 0 Å². The quantitative estimate of drug-likeness (QED) is 0.161. The Morgan fingerprint density at radius 3 is 2.07 bits per heavy atom. The monoisotopic (exact) mass is 622 g/mol. The van der Waals surface area contributed by atoms with Gasteiger partial charge in [0.05, 0.1) is 12.9 Å². The van der Waals surface area contributed by atoms with Crippen LogP contribution in [0.1, 0.15) is 87.0 Å². The zero-order valence-corrected chi connectivity index (χ0v) is 28.5. The zero-order chi connectivity index (χ0) is 31.1. The second kappa shape index (κ2) is 12.5.